The molecule has 0 unspecified atom stereocenters. The molecule has 12 nitrogen and oxygen atoms in total. The zero-order valence-corrected chi connectivity index (χ0v) is 32.9. The molecule has 0 saturated carbocycles. The fraction of sp³-hybridized carbons (Fsp3) is 0.459. The number of ether oxygens (including phenoxy) is 4. The Balaban J connectivity index is 1.34. The fourth-order valence-electron chi connectivity index (χ4n) is 5.61. The first-order valence-corrected chi connectivity index (χ1v) is 25.3. The molecule has 14 heteroatoms. The summed E-state index contributed by atoms with van der Waals surface area (Å²) in [7, 11) is -2.51. The van der Waals surface area contributed by atoms with Gasteiger partial charge in [0.05, 0.1) is 36.1 Å². The lowest BCUT2D eigenvalue weighted by Crippen LogP contribution is -2.35. The van der Waals surface area contributed by atoms with Gasteiger partial charge in [-0.1, -0.05) is 63.5 Å². The number of para-hydroxylation sites is 1. The zero-order valence-electron chi connectivity index (χ0n) is 30.9. The van der Waals surface area contributed by atoms with E-state index in [2.05, 4.69) is 82.2 Å². The minimum absolute atomic E-state index is 0.241. The molecule has 0 spiro atoms. The molecular weight excluding hydrogens is 677 g/mol. The molecule has 0 amide bonds. The van der Waals surface area contributed by atoms with Crippen LogP contribution in [0.3, 0.4) is 0 Å². The lowest BCUT2D eigenvalue weighted by molar-refractivity contribution is 0.0342. The van der Waals surface area contributed by atoms with Crippen molar-refractivity contribution in [1.82, 2.24) is 34.2 Å². The van der Waals surface area contributed by atoms with E-state index in [0.29, 0.717) is 49.8 Å². The Bertz CT molecular complexity index is 1860. The lowest BCUT2D eigenvalue weighted by Gasteiger charge is -2.26. The summed E-state index contributed by atoms with van der Waals surface area (Å²) in [4.78, 5) is 16.6. The van der Waals surface area contributed by atoms with E-state index in [9.17, 15) is 0 Å². The Morgan fingerprint density at radius 2 is 1.57 bits per heavy atom. The summed E-state index contributed by atoms with van der Waals surface area (Å²) < 4.78 is 27.9. The number of hydrogen-bond acceptors (Lipinski definition) is 10. The third-order valence-corrected chi connectivity index (χ3v) is 12.0. The minimum Gasteiger partial charge on any atom is -0.424 e. The van der Waals surface area contributed by atoms with Crippen LogP contribution < -0.4 is 10.1 Å². The number of nitrogens with zero attached hydrogens (tertiary/aromatic N) is 7. The highest BCUT2D eigenvalue weighted by atomic mass is 28.3. The van der Waals surface area contributed by atoms with Gasteiger partial charge in [0.25, 0.3) is 0 Å². The smallest absolute Gasteiger partial charge is 0.323 e. The molecule has 2 aromatic carbocycles. The van der Waals surface area contributed by atoms with Gasteiger partial charge in [0.2, 0.25) is 0 Å². The van der Waals surface area contributed by atoms with Crippen LogP contribution in [0.25, 0.3) is 22.6 Å². The van der Waals surface area contributed by atoms with E-state index in [1.165, 1.54) is 5.56 Å². The van der Waals surface area contributed by atoms with E-state index < -0.39 is 16.1 Å². The van der Waals surface area contributed by atoms with Crippen LogP contribution in [-0.2, 0) is 34.2 Å². The molecule has 272 valence electrons. The van der Waals surface area contributed by atoms with Crippen molar-refractivity contribution in [2.45, 2.75) is 71.4 Å². The minimum atomic E-state index is -1.27. The Kier molecular flexibility index (Phi) is 12.0. The SMILES string of the molecule is C[Si](C)(C)CCOCn1cc(Nc2ccnc(Oc3ccccc3)n2)c(-c2nc3cc(CN4CCOCC4)ccc3n2COCC[Si](C)(C)C)n1. The maximum Gasteiger partial charge on any atom is 0.323 e. The van der Waals surface area contributed by atoms with Gasteiger partial charge in [-0.05, 0) is 48.0 Å². The number of hydrogen-bond donors (Lipinski definition) is 1. The van der Waals surface area contributed by atoms with Crippen molar-refractivity contribution in [2.24, 2.45) is 0 Å². The van der Waals surface area contributed by atoms with E-state index in [4.69, 9.17) is 29.0 Å². The van der Waals surface area contributed by atoms with E-state index in [-0.39, 0.29) is 6.01 Å². The van der Waals surface area contributed by atoms with Gasteiger partial charge in [0.15, 0.2) is 11.5 Å². The molecule has 1 saturated heterocycles. The standard InChI is InChI=1S/C37H52N8O4Si2/c1-50(2,3)22-20-47-27-44-26-32(39-34-14-15-38-37(41-34)49-30-10-8-7-9-11-30)35(42-44)36-40-31-24-29(25-43-16-18-46-19-17-43)12-13-33(31)45(36)28-48-21-23-51(4,5)6/h7-15,24,26H,16-23,25,27-28H2,1-6H3,(H,38,39,41). The summed E-state index contributed by atoms with van der Waals surface area (Å²) >= 11 is 0. The summed E-state index contributed by atoms with van der Waals surface area (Å²) in [5, 5.41) is 8.54. The Morgan fingerprint density at radius 1 is 0.843 bits per heavy atom. The third-order valence-electron chi connectivity index (χ3n) is 8.58. The van der Waals surface area contributed by atoms with Gasteiger partial charge in [-0.3, -0.25) is 9.47 Å². The quantitative estimate of drug-likeness (QED) is 0.0756. The van der Waals surface area contributed by atoms with E-state index in [0.717, 1.165) is 61.7 Å². The highest BCUT2D eigenvalue weighted by molar-refractivity contribution is 6.76. The highest BCUT2D eigenvalue weighted by Gasteiger charge is 2.22. The van der Waals surface area contributed by atoms with Gasteiger partial charge >= 0.3 is 6.01 Å². The van der Waals surface area contributed by atoms with Gasteiger partial charge in [-0.2, -0.15) is 10.1 Å². The summed E-state index contributed by atoms with van der Waals surface area (Å²) in [5.74, 6) is 1.94. The maximum atomic E-state index is 6.35. The summed E-state index contributed by atoms with van der Waals surface area (Å²) in [6.45, 7) is 20.5. The molecule has 4 heterocycles. The molecule has 3 aromatic heterocycles. The predicted molar refractivity (Wildman–Crippen MR) is 207 cm³/mol. The third kappa shape index (κ3) is 10.8. The van der Waals surface area contributed by atoms with Gasteiger partial charge < -0.3 is 24.3 Å². The highest BCUT2D eigenvalue weighted by Crippen LogP contribution is 2.32. The van der Waals surface area contributed by atoms with Gasteiger partial charge in [-0.25, -0.2) is 14.6 Å². The van der Waals surface area contributed by atoms with Gasteiger partial charge in [0, 0.05) is 55.2 Å². The van der Waals surface area contributed by atoms with Crippen molar-refractivity contribution in [1.29, 1.82) is 0 Å². The van der Waals surface area contributed by atoms with E-state index in [1.807, 2.05) is 47.3 Å². The number of nitrogens with one attached hydrogen (secondary N) is 1. The summed E-state index contributed by atoms with van der Waals surface area (Å²) in [5.41, 5.74) is 4.52. The molecule has 1 aliphatic rings. The molecule has 0 bridgehead atoms. The van der Waals surface area contributed by atoms with Crippen LogP contribution in [-0.4, -0.2) is 89.9 Å². The molecule has 1 aliphatic heterocycles. The van der Waals surface area contributed by atoms with Crippen LogP contribution in [0, 0.1) is 0 Å². The van der Waals surface area contributed by atoms with Crippen LogP contribution in [0.5, 0.6) is 11.8 Å². The number of morpholine rings is 1. The van der Waals surface area contributed by atoms with E-state index >= 15 is 0 Å². The average molecular weight is 729 g/mol. The lowest BCUT2D eigenvalue weighted by atomic mass is 10.2. The summed E-state index contributed by atoms with van der Waals surface area (Å²) in [6, 6.07) is 20.3. The molecule has 0 radical (unpaired) electrons. The van der Waals surface area contributed by atoms with Crippen molar-refractivity contribution in [3.8, 4) is 23.3 Å². The maximum absolute atomic E-state index is 6.35. The van der Waals surface area contributed by atoms with Crippen LogP contribution >= 0.6 is 0 Å². The predicted octanol–water partition coefficient (Wildman–Crippen LogP) is 7.68. The van der Waals surface area contributed by atoms with Crippen molar-refractivity contribution in [2.75, 3.05) is 44.8 Å². The second-order valence-electron chi connectivity index (χ2n) is 15.5. The Labute approximate surface area is 303 Å². The van der Waals surface area contributed by atoms with Gasteiger partial charge in [-0.15, -0.1) is 0 Å². The Morgan fingerprint density at radius 3 is 2.29 bits per heavy atom. The van der Waals surface area contributed by atoms with Crippen LogP contribution in [0.15, 0.2) is 67.0 Å². The largest absolute Gasteiger partial charge is 0.424 e. The number of aromatic nitrogens is 6. The second-order valence-corrected chi connectivity index (χ2v) is 26.7. The topological polar surface area (TPSA) is 114 Å². The molecule has 0 atom stereocenters. The van der Waals surface area contributed by atoms with Gasteiger partial charge in [0.1, 0.15) is 25.0 Å². The van der Waals surface area contributed by atoms with Crippen molar-refractivity contribution < 1.29 is 18.9 Å². The van der Waals surface area contributed by atoms with Crippen LogP contribution in [0.2, 0.25) is 51.4 Å². The number of anilines is 2. The number of benzene rings is 2. The van der Waals surface area contributed by atoms with Crippen LogP contribution in [0.4, 0.5) is 11.5 Å². The van der Waals surface area contributed by atoms with Crippen molar-refractivity contribution >= 4 is 38.7 Å². The number of fused-ring (bicyclic) bond motifs is 1. The Hall–Kier alpha value is -3.93. The molecule has 1 N–H and O–H groups in total. The van der Waals surface area contributed by atoms with Crippen LogP contribution in [0.1, 0.15) is 5.56 Å². The molecule has 5 aromatic rings. The first-order valence-electron chi connectivity index (χ1n) is 17.8. The molecular formula is C37H52N8O4Si2. The van der Waals surface area contributed by atoms with Crippen molar-refractivity contribution in [3.63, 3.8) is 0 Å². The second kappa shape index (κ2) is 16.6. The first-order chi connectivity index (χ1) is 24.5. The average Bonchev–Trinajstić information content (AvgIpc) is 3.65. The number of imidazole rings is 1. The normalized spacial score (nSPS) is 14.3. The molecule has 1 fully saturated rings. The monoisotopic (exact) mass is 728 g/mol. The van der Waals surface area contributed by atoms with Crippen molar-refractivity contribution in [3.05, 3.63) is 72.6 Å². The molecule has 6 rings (SSSR count). The molecule has 51 heavy (non-hydrogen) atoms. The fourth-order valence-corrected chi connectivity index (χ4v) is 7.12. The molecule has 0 aliphatic carbocycles. The number of rotatable bonds is 17. The zero-order chi connectivity index (χ0) is 35.8. The summed E-state index contributed by atoms with van der Waals surface area (Å²) in [6.07, 6.45) is 3.62. The first kappa shape index (κ1) is 36.9. The van der Waals surface area contributed by atoms with E-state index in [1.54, 1.807) is 6.20 Å².